The molecule has 4 aliphatic rings. The number of rotatable bonds is 8. The van der Waals surface area contributed by atoms with Crippen LogP contribution in [0.3, 0.4) is 0 Å². The van der Waals surface area contributed by atoms with Crippen molar-refractivity contribution < 1.29 is 18.8 Å². The minimum absolute atomic E-state index is 0.0573. The summed E-state index contributed by atoms with van der Waals surface area (Å²) >= 11 is 13.1. The van der Waals surface area contributed by atoms with E-state index in [9.17, 15) is 4.79 Å². The quantitative estimate of drug-likeness (QED) is 0.265. The SMILES string of the molecule is COC(=O)C1CC(c2ccc(N3C[C@@H]4C[C@H]3C[C@H]4OCc3c(-c4c(Cl)cccc4Cl)noc3C3CC3)cc2)C1. The van der Waals surface area contributed by atoms with Gasteiger partial charge in [0.25, 0.3) is 0 Å². The molecule has 0 radical (unpaired) electrons. The van der Waals surface area contributed by atoms with Crippen molar-refractivity contribution in [2.45, 2.75) is 69.1 Å². The van der Waals surface area contributed by atoms with Crippen LogP contribution in [0.5, 0.6) is 0 Å². The van der Waals surface area contributed by atoms with Crippen molar-refractivity contribution in [3.63, 3.8) is 0 Å². The van der Waals surface area contributed by atoms with Crippen LogP contribution in [0.2, 0.25) is 10.0 Å². The van der Waals surface area contributed by atoms with Crippen LogP contribution in [0.15, 0.2) is 47.0 Å². The Morgan fingerprint density at radius 1 is 1.03 bits per heavy atom. The number of nitrogens with zero attached hydrogens (tertiary/aromatic N) is 2. The summed E-state index contributed by atoms with van der Waals surface area (Å²) in [5.41, 5.74) is 5.02. The monoisotopic (exact) mass is 566 g/mol. The van der Waals surface area contributed by atoms with Gasteiger partial charge in [-0.2, -0.15) is 0 Å². The number of benzene rings is 2. The second-order valence-electron chi connectivity index (χ2n) is 11.6. The van der Waals surface area contributed by atoms with Gasteiger partial charge < -0.3 is 18.9 Å². The number of hydrogen-bond acceptors (Lipinski definition) is 6. The lowest BCUT2D eigenvalue weighted by molar-refractivity contribution is -0.148. The number of hydrogen-bond donors (Lipinski definition) is 0. The zero-order valence-electron chi connectivity index (χ0n) is 21.9. The summed E-state index contributed by atoms with van der Waals surface area (Å²) in [7, 11) is 1.47. The fraction of sp³-hybridized carbons (Fsp3) is 0.484. The van der Waals surface area contributed by atoms with E-state index >= 15 is 0 Å². The summed E-state index contributed by atoms with van der Waals surface area (Å²) in [6.45, 7) is 1.47. The Morgan fingerprint density at radius 2 is 1.77 bits per heavy atom. The highest BCUT2D eigenvalue weighted by molar-refractivity contribution is 6.39. The van der Waals surface area contributed by atoms with Gasteiger partial charge >= 0.3 is 5.97 Å². The first kappa shape index (κ1) is 25.4. The van der Waals surface area contributed by atoms with E-state index in [-0.39, 0.29) is 18.0 Å². The average molecular weight is 568 g/mol. The first-order chi connectivity index (χ1) is 19.0. The summed E-state index contributed by atoms with van der Waals surface area (Å²) in [6.07, 6.45) is 6.39. The van der Waals surface area contributed by atoms with Crippen molar-refractivity contribution in [3.05, 3.63) is 69.4 Å². The van der Waals surface area contributed by atoms with E-state index in [1.807, 2.05) is 18.2 Å². The number of methoxy groups -OCH3 is 1. The van der Waals surface area contributed by atoms with E-state index in [2.05, 4.69) is 34.3 Å². The van der Waals surface area contributed by atoms with Crippen LogP contribution in [-0.2, 0) is 20.9 Å². The Morgan fingerprint density at radius 3 is 2.41 bits per heavy atom. The molecule has 1 saturated heterocycles. The summed E-state index contributed by atoms with van der Waals surface area (Å²) in [4.78, 5) is 14.3. The molecule has 2 aromatic carbocycles. The third-order valence-corrected chi connectivity index (χ3v) is 9.88. The Bertz CT molecular complexity index is 1360. The molecule has 0 N–H and O–H groups in total. The lowest BCUT2D eigenvalue weighted by Crippen LogP contribution is -2.38. The fourth-order valence-electron chi connectivity index (χ4n) is 6.85. The maximum absolute atomic E-state index is 11.7. The summed E-state index contributed by atoms with van der Waals surface area (Å²) < 4.78 is 17.3. The number of carbonyl (C=O) groups is 1. The smallest absolute Gasteiger partial charge is 0.308 e. The van der Waals surface area contributed by atoms with Crippen LogP contribution in [-0.4, -0.2) is 36.9 Å². The van der Waals surface area contributed by atoms with Gasteiger partial charge in [0.2, 0.25) is 0 Å². The van der Waals surface area contributed by atoms with Crippen LogP contribution < -0.4 is 4.90 Å². The number of aromatic nitrogens is 1. The highest BCUT2D eigenvalue weighted by Gasteiger charge is 2.46. The van der Waals surface area contributed by atoms with Crippen LogP contribution in [0.25, 0.3) is 11.3 Å². The molecular weight excluding hydrogens is 535 g/mol. The molecule has 204 valence electrons. The van der Waals surface area contributed by atoms with Crippen LogP contribution in [0, 0.1) is 11.8 Å². The first-order valence-electron chi connectivity index (χ1n) is 14.0. The third-order valence-electron chi connectivity index (χ3n) is 9.25. The second kappa shape index (κ2) is 10.1. The zero-order chi connectivity index (χ0) is 26.7. The third kappa shape index (κ3) is 4.64. The maximum atomic E-state index is 11.7. The average Bonchev–Trinajstić information content (AvgIpc) is 3.36. The zero-order valence-corrected chi connectivity index (χ0v) is 23.5. The first-order valence-corrected chi connectivity index (χ1v) is 14.7. The Hall–Kier alpha value is -2.54. The summed E-state index contributed by atoms with van der Waals surface area (Å²) in [6, 6.07) is 15.0. The minimum Gasteiger partial charge on any atom is -0.469 e. The Kier molecular flexibility index (Phi) is 6.61. The molecule has 4 fully saturated rings. The molecule has 3 aliphatic carbocycles. The Balaban J connectivity index is 0.999. The molecule has 3 saturated carbocycles. The number of ether oxygens (including phenoxy) is 2. The van der Waals surface area contributed by atoms with Gasteiger partial charge in [-0.3, -0.25) is 4.79 Å². The molecule has 1 aromatic heterocycles. The molecule has 3 aromatic rings. The molecule has 7 rings (SSSR count). The number of esters is 1. The number of fused-ring (bicyclic) bond motifs is 2. The van der Waals surface area contributed by atoms with Crippen molar-refractivity contribution >= 4 is 34.9 Å². The normalized spacial score (nSPS) is 27.6. The molecule has 0 spiro atoms. The number of carbonyl (C=O) groups excluding carboxylic acids is 1. The second-order valence-corrected chi connectivity index (χ2v) is 12.4. The molecule has 0 unspecified atom stereocenters. The van der Waals surface area contributed by atoms with Gasteiger partial charge in [-0.05, 0) is 74.3 Å². The molecule has 1 aliphatic heterocycles. The minimum atomic E-state index is -0.0792. The molecule has 6 nitrogen and oxygen atoms in total. The van der Waals surface area contributed by atoms with Crippen LogP contribution >= 0.6 is 23.2 Å². The van der Waals surface area contributed by atoms with Gasteiger partial charge in [0.15, 0.2) is 0 Å². The standard InChI is InChI=1S/C31H32Cl2N2O4/c1-37-31(36)20-11-19(12-20)17-7-9-22(10-8-17)35-15-21-13-23(35)14-27(21)38-16-24-29(34-39-30(24)18-5-6-18)28-25(32)3-2-4-26(28)33/h2-4,7-10,18-21,23,27H,5-6,11-16H2,1H3/t19?,20?,21-,23-,27+/m0/s1. The largest absolute Gasteiger partial charge is 0.469 e. The van der Waals surface area contributed by atoms with Crippen LogP contribution in [0.4, 0.5) is 5.69 Å². The highest BCUT2D eigenvalue weighted by Crippen LogP contribution is 2.48. The molecule has 8 heteroatoms. The molecule has 0 amide bonds. The van der Waals surface area contributed by atoms with Crippen molar-refractivity contribution in [3.8, 4) is 11.3 Å². The molecular formula is C31H32Cl2N2O4. The fourth-order valence-corrected chi connectivity index (χ4v) is 7.43. The molecule has 2 heterocycles. The topological polar surface area (TPSA) is 64.8 Å². The highest BCUT2D eigenvalue weighted by atomic mass is 35.5. The van der Waals surface area contributed by atoms with Crippen molar-refractivity contribution in [1.29, 1.82) is 0 Å². The van der Waals surface area contributed by atoms with Gasteiger partial charge in [-0.1, -0.05) is 46.6 Å². The number of anilines is 1. The van der Waals surface area contributed by atoms with Gasteiger partial charge in [0, 0.05) is 41.2 Å². The van der Waals surface area contributed by atoms with Gasteiger partial charge in [0.1, 0.15) is 11.5 Å². The van der Waals surface area contributed by atoms with Gasteiger partial charge in [-0.15, -0.1) is 0 Å². The lowest BCUT2D eigenvalue weighted by atomic mass is 9.71. The summed E-state index contributed by atoms with van der Waals surface area (Å²) in [5.74, 6) is 2.27. The van der Waals surface area contributed by atoms with E-state index in [4.69, 9.17) is 37.2 Å². The van der Waals surface area contributed by atoms with E-state index < -0.39 is 0 Å². The molecule has 3 atom stereocenters. The predicted octanol–water partition coefficient (Wildman–Crippen LogP) is 7.38. The van der Waals surface area contributed by atoms with E-state index in [1.165, 1.54) is 18.4 Å². The number of halogens is 2. The molecule has 2 bridgehead atoms. The van der Waals surface area contributed by atoms with E-state index in [0.29, 0.717) is 46.1 Å². The van der Waals surface area contributed by atoms with Gasteiger partial charge in [0.05, 0.1) is 35.8 Å². The van der Waals surface area contributed by atoms with Crippen molar-refractivity contribution in [2.24, 2.45) is 11.8 Å². The van der Waals surface area contributed by atoms with Crippen molar-refractivity contribution in [2.75, 3.05) is 18.6 Å². The summed E-state index contributed by atoms with van der Waals surface area (Å²) in [5, 5.41) is 5.55. The van der Waals surface area contributed by atoms with Crippen molar-refractivity contribution in [1.82, 2.24) is 5.16 Å². The van der Waals surface area contributed by atoms with E-state index in [0.717, 1.165) is 62.0 Å². The molecule has 39 heavy (non-hydrogen) atoms. The number of piperidine rings is 1. The lowest BCUT2D eigenvalue weighted by Gasteiger charge is -2.35. The van der Waals surface area contributed by atoms with E-state index in [1.54, 1.807) is 0 Å². The predicted molar refractivity (Wildman–Crippen MR) is 150 cm³/mol. The maximum Gasteiger partial charge on any atom is 0.308 e. The van der Waals surface area contributed by atoms with Crippen LogP contribution in [0.1, 0.15) is 67.2 Å². The van der Waals surface area contributed by atoms with Gasteiger partial charge in [-0.25, -0.2) is 0 Å². The Labute approximate surface area is 238 Å².